The lowest BCUT2D eigenvalue weighted by molar-refractivity contribution is -0.0593. The van der Waals surface area contributed by atoms with E-state index in [1.165, 1.54) is 6.07 Å². The average molecular weight is 566 g/mol. The number of primary amides is 1. The van der Waals surface area contributed by atoms with Gasteiger partial charge in [-0.2, -0.15) is 0 Å². The normalized spacial score (nSPS) is 18.1. The van der Waals surface area contributed by atoms with Crippen molar-refractivity contribution in [1.82, 2.24) is 29.6 Å². The molecule has 2 fully saturated rings. The number of aromatic nitrogens is 5. The highest BCUT2D eigenvalue weighted by atomic mass is 35.5. The summed E-state index contributed by atoms with van der Waals surface area (Å²) in [6, 6.07) is 11.9. The molecule has 40 heavy (non-hydrogen) atoms. The second kappa shape index (κ2) is 11.4. The molecule has 3 aromatic heterocycles. The van der Waals surface area contributed by atoms with Crippen LogP contribution in [0.3, 0.4) is 0 Å². The smallest absolute Gasteiger partial charge is 0.269 e. The molecule has 12 heteroatoms. The van der Waals surface area contributed by atoms with Gasteiger partial charge in [-0.3, -0.25) is 9.69 Å². The van der Waals surface area contributed by atoms with Crippen molar-refractivity contribution in [2.45, 2.75) is 51.0 Å². The number of benzene rings is 1. The standard InChI is InChI=1S/C28H29ClFN7O3/c29-19-5-4-18(21(30)12-19)16-40-26-3-1-2-22(33-26)17-6-9-36(10-7-17)15-25-32-24-13-23(27(31)38)34-35-28(24)37(25)14-20-8-11-39-20/h1-5,12-13,17,20H,6-11,14-16H2,(H2,31,38)/t20-/m0/s1. The van der Waals surface area contributed by atoms with E-state index in [0.29, 0.717) is 46.6 Å². The Balaban J connectivity index is 1.11. The molecule has 2 N–H and O–H groups in total. The van der Waals surface area contributed by atoms with E-state index in [-0.39, 0.29) is 18.4 Å². The maximum absolute atomic E-state index is 14.1. The first kappa shape index (κ1) is 26.5. The van der Waals surface area contributed by atoms with Crippen molar-refractivity contribution >= 4 is 28.7 Å². The van der Waals surface area contributed by atoms with Crippen LogP contribution in [-0.2, 0) is 24.4 Å². The van der Waals surface area contributed by atoms with Crippen LogP contribution >= 0.6 is 11.6 Å². The van der Waals surface area contributed by atoms with Crippen LogP contribution in [0.1, 0.15) is 52.8 Å². The van der Waals surface area contributed by atoms with Crippen LogP contribution in [-0.4, -0.2) is 61.3 Å². The van der Waals surface area contributed by atoms with Crippen LogP contribution in [0.25, 0.3) is 11.2 Å². The zero-order valence-corrected chi connectivity index (χ0v) is 22.6. The Morgan fingerprint density at radius 3 is 2.67 bits per heavy atom. The first-order chi connectivity index (χ1) is 19.4. The van der Waals surface area contributed by atoms with Crippen molar-refractivity contribution in [1.29, 1.82) is 0 Å². The number of fused-ring (bicyclic) bond motifs is 1. The Hall–Kier alpha value is -3.67. The van der Waals surface area contributed by atoms with E-state index in [0.717, 1.165) is 50.5 Å². The third-order valence-corrected chi connectivity index (χ3v) is 7.75. The monoisotopic (exact) mass is 565 g/mol. The van der Waals surface area contributed by atoms with E-state index in [1.807, 2.05) is 12.1 Å². The Morgan fingerprint density at radius 1 is 1.12 bits per heavy atom. The number of imidazole rings is 1. The lowest BCUT2D eigenvalue weighted by Gasteiger charge is -2.32. The van der Waals surface area contributed by atoms with Crippen molar-refractivity contribution in [2.75, 3.05) is 19.7 Å². The van der Waals surface area contributed by atoms with Gasteiger partial charge in [-0.1, -0.05) is 23.7 Å². The van der Waals surface area contributed by atoms with Gasteiger partial charge in [-0.05, 0) is 50.6 Å². The summed E-state index contributed by atoms with van der Waals surface area (Å²) in [4.78, 5) is 23.5. The molecule has 6 rings (SSSR count). The molecule has 5 heterocycles. The number of amides is 1. The van der Waals surface area contributed by atoms with Gasteiger partial charge in [-0.25, -0.2) is 14.4 Å². The van der Waals surface area contributed by atoms with E-state index < -0.39 is 11.7 Å². The Labute approximate surface area is 235 Å². The third kappa shape index (κ3) is 5.77. The zero-order chi connectivity index (χ0) is 27.6. The number of pyridine rings is 1. The summed E-state index contributed by atoms with van der Waals surface area (Å²) in [7, 11) is 0. The highest BCUT2D eigenvalue weighted by Gasteiger charge is 2.26. The number of rotatable bonds is 9. The Morgan fingerprint density at radius 2 is 1.95 bits per heavy atom. The van der Waals surface area contributed by atoms with Gasteiger partial charge >= 0.3 is 0 Å². The summed E-state index contributed by atoms with van der Waals surface area (Å²) < 4.78 is 27.6. The SMILES string of the molecule is NC(=O)c1cc2nc(CN3CCC(c4cccc(OCc5ccc(Cl)cc5F)n4)CC3)n(C[C@@H]3CCO3)c2nn1. The number of hydrogen-bond acceptors (Lipinski definition) is 8. The molecule has 10 nitrogen and oxygen atoms in total. The third-order valence-electron chi connectivity index (χ3n) is 7.51. The Kier molecular flexibility index (Phi) is 7.59. The highest BCUT2D eigenvalue weighted by molar-refractivity contribution is 6.30. The molecule has 1 amide bonds. The molecular formula is C28H29ClFN7O3. The van der Waals surface area contributed by atoms with Gasteiger partial charge in [0.05, 0.1) is 19.2 Å². The topological polar surface area (TPSA) is 121 Å². The predicted octanol–water partition coefficient (Wildman–Crippen LogP) is 3.86. The molecule has 1 atom stereocenters. The van der Waals surface area contributed by atoms with Gasteiger partial charge in [0.15, 0.2) is 11.3 Å². The quantitative estimate of drug-likeness (QED) is 0.325. The first-order valence-electron chi connectivity index (χ1n) is 13.3. The van der Waals surface area contributed by atoms with Gasteiger partial charge in [0.25, 0.3) is 5.91 Å². The highest BCUT2D eigenvalue weighted by Crippen LogP contribution is 2.29. The lowest BCUT2D eigenvalue weighted by Crippen LogP contribution is -2.35. The van der Waals surface area contributed by atoms with Crippen molar-refractivity contribution in [2.24, 2.45) is 5.73 Å². The number of hydrogen-bond donors (Lipinski definition) is 1. The molecule has 0 spiro atoms. The van der Waals surface area contributed by atoms with Gasteiger partial charge < -0.3 is 19.8 Å². The Bertz CT molecular complexity index is 1540. The average Bonchev–Trinajstić information content (AvgIpc) is 3.26. The van der Waals surface area contributed by atoms with Crippen LogP contribution in [0.5, 0.6) is 5.88 Å². The van der Waals surface area contributed by atoms with Crippen molar-refractivity contribution < 1.29 is 18.7 Å². The van der Waals surface area contributed by atoms with Gasteiger partial charge in [0.2, 0.25) is 5.88 Å². The fraction of sp³-hybridized carbons (Fsp3) is 0.393. The summed E-state index contributed by atoms with van der Waals surface area (Å²) in [5.74, 6) is 0.596. The summed E-state index contributed by atoms with van der Waals surface area (Å²) in [5, 5.41) is 8.60. The largest absolute Gasteiger partial charge is 0.473 e. The number of piperidine rings is 1. The van der Waals surface area contributed by atoms with E-state index in [1.54, 1.807) is 24.3 Å². The minimum Gasteiger partial charge on any atom is -0.473 e. The number of carbonyl (C=O) groups is 1. The van der Waals surface area contributed by atoms with Crippen molar-refractivity contribution in [3.8, 4) is 5.88 Å². The maximum atomic E-state index is 14.1. The van der Waals surface area contributed by atoms with Gasteiger partial charge in [0.1, 0.15) is 23.8 Å². The minimum atomic E-state index is -0.630. The number of ether oxygens (including phenoxy) is 2. The summed E-state index contributed by atoms with van der Waals surface area (Å²) in [6.07, 6.45) is 2.97. The minimum absolute atomic E-state index is 0.0795. The van der Waals surface area contributed by atoms with E-state index in [4.69, 9.17) is 36.8 Å². The molecule has 2 aliphatic heterocycles. The molecule has 0 unspecified atom stereocenters. The molecular weight excluding hydrogens is 537 g/mol. The molecule has 2 saturated heterocycles. The number of nitrogens with zero attached hydrogens (tertiary/aromatic N) is 6. The van der Waals surface area contributed by atoms with Gasteiger partial charge in [-0.15, -0.1) is 10.2 Å². The molecule has 2 aliphatic rings. The summed E-state index contributed by atoms with van der Waals surface area (Å²) in [5.41, 5.74) is 8.13. The number of likely N-dealkylation sites (tertiary alicyclic amines) is 1. The van der Waals surface area contributed by atoms with Crippen LogP contribution in [0.15, 0.2) is 42.5 Å². The van der Waals surface area contributed by atoms with E-state index >= 15 is 0 Å². The molecule has 0 aliphatic carbocycles. The zero-order valence-electron chi connectivity index (χ0n) is 21.8. The summed E-state index contributed by atoms with van der Waals surface area (Å²) >= 11 is 5.84. The molecule has 0 radical (unpaired) electrons. The molecule has 0 bridgehead atoms. The fourth-order valence-corrected chi connectivity index (χ4v) is 5.31. The first-order valence-corrected chi connectivity index (χ1v) is 13.7. The van der Waals surface area contributed by atoms with E-state index in [2.05, 4.69) is 19.7 Å². The molecule has 0 saturated carbocycles. The van der Waals surface area contributed by atoms with Gasteiger partial charge in [0, 0.05) is 40.9 Å². The van der Waals surface area contributed by atoms with Crippen LogP contribution < -0.4 is 10.5 Å². The summed E-state index contributed by atoms with van der Waals surface area (Å²) in [6.45, 7) is 3.87. The predicted molar refractivity (Wildman–Crippen MR) is 145 cm³/mol. The molecule has 4 aromatic rings. The lowest BCUT2D eigenvalue weighted by atomic mass is 9.93. The van der Waals surface area contributed by atoms with Crippen molar-refractivity contribution in [3.05, 3.63) is 76.1 Å². The molecule has 1 aromatic carbocycles. The molecule has 208 valence electrons. The van der Waals surface area contributed by atoms with Crippen LogP contribution in [0, 0.1) is 5.82 Å². The van der Waals surface area contributed by atoms with Crippen LogP contribution in [0.2, 0.25) is 5.02 Å². The van der Waals surface area contributed by atoms with Crippen LogP contribution in [0.4, 0.5) is 4.39 Å². The number of nitrogens with two attached hydrogens (primary N) is 1. The second-order valence-electron chi connectivity index (χ2n) is 10.2. The number of carbonyl (C=O) groups excluding carboxylic acids is 1. The fourth-order valence-electron chi connectivity index (χ4n) is 5.15. The maximum Gasteiger partial charge on any atom is 0.269 e. The van der Waals surface area contributed by atoms with E-state index in [9.17, 15) is 9.18 Å². The number of halogens is 2. The van der Waals surface area contributed by atoms with Crippen molar-refractivity contribution in [3.63, 3.8) is 0 Å². The second-order valence-corrected chi connectivity index (χ2v) is 10.6.